The fourth-order valence-electron chi connectivity index (χ4n) is 1.38. The van der Waals surface area contributed by atoms with Gasteiger partial charge < -0.3 is 15.8 Å². The Morgan fingerprint density at radius 1 is 1.68 bits per heavy atom. The van der Waals surface area contributed by atoms with Crippen LogP contribution in [-0.2, 0) is 9.53 Å². The van der Waals surface area contributed by atoms with Crippen molar-refractivity contribution >= 4 is 17.3 Å². The number of methoxy groups -OCH3 is 1. The van der Waals surface area contributed by atoms with Gasteiger partial charge in [0.1, 0.15) is 11.8 Å². The first-order valence-corrected chi connectivity index (χ1v) is 5.25. The third-order valence-corrected chi connectivity index (χ3v) is 2.37. The molecule has 0 aliphatic heterocycles. The van der Waals surface area contributed by atoms with Gasteiger partial charge in [0.05, 0.1) is 16.6 Å². The monoisotopic (exact) mass is 264 g/mol. The first-order valence-electron chi connectivity index (χ1n) is 5.25. The molecule has 1 aromatic rings. The smallest absolute Gasteiger partial charge is 0.294 e. The number of nitro benzene ring substituents is 1. The van der Waals surface area contributed by atoms with E-state index in [2.05, 4.69) is 5.32 Å². The molecule has 0 aromatic heterocycles. The van der Waals surface area contributed by atoms with Crippen LogP contribution in [0.1, 0.15) is 5.56 Å². The third-order valence-electron chi connectivity index (χ3n) is 2.37. The zero-order chi connectivity index (χ0) is 14.4. The Morgan fingerprint density at radius 3 is 2.84 bits per heavy atom. The van der Waals surface area contributed by atoms with Gasteiger partial charge in [0.2, 0.25) is 0 Å². The molecular weight excluding hydrogens is 252 g/mol. The van der Waals surface area contributed by atoms with Crippen LogP contribution in [0.4, 0.5) is 11.4 Å². The molecule has 1 atom stereocenters. The average Bonchev–Trinajstić information content (AvgIpc) is 2.40. The number of hydrogen-bond donors (Lipinski definition) is 2. The van der Waals surface area contributed by atoms with Gasteiger partial charge in [0, 0.05) is 19.7 Å². The Balaban J connectivity index is 3.04. The molecule has 0 aliphatic rings. The van der Waals surface area contributed by atoms with Gasteiger partial charge in [-0.05, 0) is 12.1 Å². The van der Waals surface area contributed by atoms with E-state index >= 15 is 0 Å². The number of carbonyl (C=O) groups excluding carboxylic acids is 1. The number of amides is 1. The van der Waals surface area contributed by atoms with Crippen LogP contribution in [0.15, 0.2) is 18.2 Å². The average molecular weight is 264 g/mol. The number of hydrogen-bond acceptors (Lipinski definition) is 6. The van der Waals surface area contributed by atoms with Gasteiger partial charge >= 0.3 is 0 Å². The van der Waals surface area contributed by atoms with E-state index in [1.54, 1.807) is 6.07 Å². The lowest BCUT2D eigenvalue weighted by Gasteiger charge is -2.13. The fraction of sp³-hybridized carbons (Fsp3) is 0.273. The molecule has 19 heavy (non-hydrogen) atoms. The molecule has 1 unspecified atom stereocenters. The van der Waals surface area contributed by atoms with Crippen LogP contribution in [-0.4, -0.2) is 30.6 Å². The highest BCUT2D eigenvalue weighted by atomic mass is 16.6. The van der Waals surface area contributed by atoms with Crippen molar-refractivity contribution in [2.45, 2.75) is 6.10 Å². The molecular formula is C11H12N4O4. The quantitative estimate of drug-likeness (QED) is 0.583. The predicted octanol–water partition coefficient (Wildman–Crippen LogP) is 0.379. The van der Waals surface area contributed by atoms with Crippen molar-refractivity contribution in [2.75, 3.05) is 19.0 Å². The van der Waals surface area contributed by atoms with Crippen LogP contribution in [0.2, 0.25) is 0 Å². The van der Waals surface area contributed by atoms with E-state index in [-0.39, 0.29) is 23.5 Å². The zero-order valence-electron chi connectivity index (χ0n) is 10.1. The number of nitrogens with one attached hydrogen (secondary N) is 1. The molecule has 0 radical (unpaired) electrons. The molecule has 0 heterocycles. The molecule has 0 bridgehead atoms. The number of nitrogens with zero attached hydrogens (tertiary/aromatic N) is 2. The maximum absolute atomic E-state index is 11.7. The molecule has 3 N–H and O–H groups in total. The number of carbonyl (C=O) groups is 1. The lowest BCUT2D eigenvalue weighted by Crippen LogP contribution is -2.36. The van der Waals surface area contributed by atoms with Crippen LogP contribution in [0.5, 0.6) is 0 Å². The Labute approximate surface area is 108 Å². The fourth-order valence-corrected chi connectivity index (χ4v) is 1.38. The number of nitriles is 1. The summed E-state index contributed by atoms with van der Waals surface area (Å²) in [6.45, 7) is -0.0492. The summed E-state index contributed by atoms with van der Waals surface area (Å²) in [5, 5.41) is 21.9. The number of nitro groups is 1. The van der Waals surface area contributed by atoms with Crippen molar-refractivity contribution in [1.82, 2.24) is 0 Å². The Bertz CT molecular complexity index is 534. The van der Waals surface area contributed by atoms with Gasteiger partial charge in [-0.15, -0.1) is 0 Å². The van der Waals surface area contributed by atoms with Crippen molar-refractivity contribution < 1.29 is 14.5 Å². The maximum Gasteiger partial charge on any atom is 0.294 e. The minimum absolute atomic E-state index is 0.00972. The number of nitrogens with two attached hydrogens (primary N) is 1. The minimum Gasteiger partial charge on any atom is -0.370 e. The normalized spacial score (nSPS) is 11.4. The summed E-state index contributed by atoms with van der Waals surface area (Å²) < 4.78 is 4.82. The van der Waals surface area contributed by atoms with Crippen molar-refractivity contribution in [3.05, 3.63) is 33.9 Å². The summed E-state index contributed by atoms with van der Waals surface area (Å²) in [5.41, 5.74) is 5.08. The number of rotatable bonds is 5. The Kier molecular flexibility index (Phi) is 4.93. The standard InChI is InChI=1S/C11H12N4O4/c1-19-10(6-13)11(16)14-8-3-2-7(5-12)4-9(8)15(17)18/h2-4,10H,6,13H2,1H3,(H,14,16). The molecule has 0 fully saturated rings. The van der Waals surface area contributed by atoms with Crippen LogP contribution < -0.4 is 11.1 Å². The van der Waals surface area contributed by atoms with Gasteiger partial charge in [-0.1, -0.05) is 0 Å². The van der Waals surface area contributed by atoms with E-state index in [1.165, 1.54) is 19.2 Å². The van der Waals surface area contributed by atoms with Crippen LogP contribution in [0.3, 0.4) is 0 Å². The van der Waals surface area contributed by atoms with E-state index in [0.29, 0.717) is 0 Å². The van der Waals surface area contributed by atoms with E-state index in [0.717, 1.165) is 6.07 Å². The SMILES string of the molecule is COC(CN)C(=O)Nc1ccc(C#N)cc1[N+](=O)[O-]. The second kappa shape index (κ2) is 6.44. The molecule has 0 aliphatic carbocycles. The van der Waals surface area contributed by atoms with E-state index in [4.69, 9.17) is 15.7 Å². The van der Waals surface area contributed by atoms with Gasteiger partial charge in [-0.3, -0.25) is 14.9 Å². The molecule has 0 saturated carbocycles. The lowest BCUT2D eigenvalue weighted by atomic mass is 10.2. The van der Waals surface area contributed by atoms with Gasteiger partial charge in [0.15, 0.2) is 0 Å². The second-order valence-corrected chi connectivity index (χ2v) is 3.55. The Morgan fingerprint density at radius 2 is 2.37 bits per heavy atom. The summed E-state index contributed by atoms with van der Waals surface area (Å²) in [6.07, 6.45) is -0.893. The molecule has 8 nitrogen and oxygen atoms in total. The topological polar surface area (TPSA) is 131 Å². The zero-order valence-corrected chi connectivity index (χ0v) is 10.1. The highest BCUT2D eigenvalue weighted by Crippen LogP contribution is 2.25. The van der Waals surface area contributed by atoms with Crippen LogP contribution >= 0.6 is 0 Å². The highest BCUT2D eigenvalue weighted by molar-refractivity contribution is 5.96. The summed E-state index contributed by atoms with van der Waals surface area (Å²) in [7, 11) is 1.31. The molecule has 100 valence electrons. The van der Waals surface area contributed by atoms with Crippen LogP contribution in [0, 0.1) is 21.4 Å². The van der Waals surface area contributed by atoms with Crippen molar-refractivity contribution in [1.29, 1.82) is 5.26 Å². The summed E-state index contributed by atoms with van der Waals surface area (Å²) in [5.74, 6) is -0.585. The van der Waals surface area contributed by atoms with Gasteiger partial charge in [-0.25, -0.2) is 0 Å². The molecule has 0 saturated heterocycles. The van der Waals surface area contributed by atoms with Crippen molar-refractivity contribution in [3.8, 4) is 6.07 Å². The van der Waals surface area contributed by atoms with E-state index in [1.807, 2.05) is 0 Å². The first kappa shape index (κ1) is 14.6. The van der Waals surface area contributed by atoms with E-state index < -0.39 is 16.9 Å². The molecule has 8 heteroatoms. The lowest BCUT2D eigenvalue weighted by molar-refractivity contribution is -0.384. The number of anilines is 1. The van der Waals surface area contributed by atoms with E-state index in [9.17, 15) is 14.9 Å². The molecule has 1 rings (SSSR count). The van der Waals surface area contributed by atoms with Crippen molar-refractivity contribution in [2.24, 2.45) is 5.73 Å². The largest absolute Gasteiger partial charge is 0.370 e. The molecule has 0 spiro atoms. The highest BCUT2D eigenvalue weighted by Gasteiger charge is 2.21. The minimum atomic E-state index is -0.893. The Hall–Kier alpha value is -2.50. The predicted molar refractivity (Wildman–Crippen MR) is 66.3 cm³/mol. The first-order chi connectivity index (χ1) is 9.03. The van der Waals surface area contributed by atoms with Crippen molar-refractivity contribution in [3.63, 3.8) is 0 Å². The van der Waals surface area contributed by atoms with Crippen LogP contribution in [0.25, 0.3) is 0 Å². The summed E-state index contributed by atoms with van der Waals surface area (Å²) in [4.78, 5) is 21.9. The molecule has 1 aromatic carbocycles. The number of ether oxygens (including phenoxy) is 1. The summed E-state index contributed by atoms with van der Waals surface area (Å²) in [6, 6.07) is 5.53. The summed E-state index contributed by atoms with van der Waals surface area (Å²) >= 11 is 0. The second-order valence-electron chi connectivity index (χ2n) is 3.55. The molecule has 1 amide bonds. The number of benzene rings is 1. The maximum atomic E-state index is 11.7. The third kappa shape index (κ3) is 3.48. The van der Waals surface area contributed by atoms with Gasteiger partial charge in [0.25, 0.3) is 11.6 Å². The van der Waals surface area contributed by atoms with Gasteiger partial charge in [-0.2, -0.15) is 5.26 Å².